The molecule has 1 aromatic rings. The fourth-order valence-corrected chi connectivity index (χ4v) is 2.09. The lowest BCUT2D eigenvalue weighted by atomic mass is 10.2. The van der Waals surface area contributed by atoms with Gasteiger partial charge in [-0.25, -0.2) is 0 Å². The van der Waals surface area contributed by atoms with Crippen LogP contribution in [0.25, 0.3) is 0 Å². The summed E-state index contributed by atoms with van der Waals surface area (Å²) < 4.78 is 5.04. The molecule has 3 amide bonds. The van der Waals surface area contributed by atoms with E-state index in [1.54, 1.807) is 12.1 Å². The van der Waals surface area contributed by atoms with Crippen molar-refractivity contribution in [3.05, 3.63) is 35.9 Å². The number of piperazine rings is 1. The molecule has 0 spiro atoms. The maximum atomic E-state index is 11.8. The summed E-state index contributed by atoms with van der Waals surface area (Å²) in [6, 6.07) is 9.06. The molecule has 1 fully saturated rings. The third-order valence-corrected chi connectivity index (χ3v) is 3.29. The third kappa shape index (κ3) is 3.82. The zero-order valence-corrected chi connectivity index (χ0v) is 12.3. The van der Waals surface area contributed by atoms with Crippen LogP contribution in [0.2, 0.25) is 0 Å². The van der Waals surface area contributed by atoms with Crippen molar-refractivity contribution < 1.29 is 23.9 Å². The Kier molecular flexibility index (Phi) is 5.11. The van der Waals surface area contributed by atoms with Crippen LogP contribution in [0.15, 0.2) is 30.3 Å². The highest BCUT2D eigenvalue weighted by atomic mass is 35.5. The molecule has 0 aliphatic carbocycles. The van der Waals surface area contributed by atoms with Crippen molar-refractivity contribution in [1.82, 2.24) is 9.80 Å². The molecule has 0 unspecified atom stereocenters. The number of ether oxygens (including phenoxy) is 1. The molecule has 7 nitrogen and oxygen atoms in total. The Morgan fingerprint density at radius 3 is 2.41 bits per heavy atom. The molecule has 8 heteroatoms. The third-order valence-electron chi connectivity index (χ3n) is 3.08. The van der Waals surface area contributed by atoms with E-state index in [1.807, 2.05) is 18.2 Å². The van der Waals surface area contributed by atoms with E-state index < -0.39 is 23.2 Å². The van der Waals surface area contributed by atoms with E-state index in [9.17, 15) is 19.2 Å². The summed E-state index contributed by atoms with van der Waals surface area (Å²) >= 11 is 5.19. The minimum absolute atomic E-state index is 0.0428. The van der Waals surface area contributed by atoms with E-state index in [-0.39, 0.29) is 26.2 Å². The highest BCUT2D eigenvalue weighted by Crippen LogP contribution is 2.08. The minimum Gasteiger partial charge on any atom is -0.459 e. The molecule has 1 aromatic carbocycles. The summed E-state index contributed by atoms with van der Waals surface area (Å²) in [5, 5.41) is -1.01. The molecule has 1 heterocycles. The average Bonchev–Trinajstić information content (AvgIpc) is 2.50. The number of hydrogen-bond donors (Lipinski definition) is 0. The summed E-state index contributed by atoms with van der Waals surface area (Å²) in [6.45, 7) is -0.258. The highest BCUT2D eigenvalue weighted by Gasteiger charge is 2.36. The van der Waals surface area contributed by atoms with Crippen LogP contribution in [0.4, 0.5) is 4.79 Å². The first-order valence-electron chi connectivity index (χ1n) is 6.49. The van der Waals surface area contributed by atoms with Crippen LogP contribution in [0.5, 0.6) is 0 Å². The Morgan fingerprint density at radius 1 is 1.09 bits per heavy atom. The molecule has 0 N–H and O–H groups in total. The molecule has 1 aliphatic heterocycles. The Morgan fingerprint density at radius 2 is 1.77 bits per heavy atom. The monoisotopic (exact) mass is 324 g/mol. The Labute approximate surface area is 131 Å². The van der Waals surface area contributed by atoms with Crippen LogP contribution in [0, 0.1) is 0 Å². The van der Waals surface area contributed by atoms with Crippen LogP contribution in [0.3, 0.4) is 0 Å². The first-order valence-corrected chi connectivity index (χ1v) is 6.86. The van der Waals surface area contributed by atoms with Crippen molar-refractivity contribution in [3.63, 3.8) is 0 Å². The van der Waals surface area contributed by atoms with Gasteiger partial charge < -0.3 is 9.64 Å². The molecular formula is C14H13ClN2O5. The van der Waals surface area contributed by atoms with Gasteiger partial charge in [0.2, 0.25) is 0 Å². The predicted molar refractivity (Wildman–Crippen MR) is 75.8 cm³/mol. The highest BCUT2D eigenvalue weighted by molar-refractivity contribution is 6.65. The molecule has 0 atom stereocenters. The van der Waals surface area contributed by atoms with Crippen molar-refractivity contribution in [3.8, 4) is 0 Å². The first kappa shape index (κ1) is 16.0. The molecule has 0 aromatic heterocycles. The van der Waals surface area contributed by atoms with Gasteiger partial charge in [0, 0.05) is 13.1 Å². The van der Waals surface area contributed by atoms with Crippen LogP contribution >= 0.6 is 11.6 Å². The number of esters is 1. The van der Waals surface area contributed by atoms with Crippen LogP contribution in [-0.4, -0.2) is 52.6 Å². The van der Waals surface area contributed by atoms with Gasteiger partial charge in [-0.1, -0.05) is 30.3 Å². The van der Waals surface area contributed by atoms with Crippen molar-refractivity contribution >= 4 is 34.8 Å². The molecule has 116 valence electrons. The Hall–Kier alpha value is -2.41. The maximum absolute atomic E-state index is 11.8. The number of halogens is 1. The van der Waals surface area contributed by atoms with Gasteiger partial charge in [-0.05, 0) is 17.2 Å². The first-order chi connectivity index (χ1) is 10.5. The summed E-state index contributed by atoms with van der Waals surface area (Å²) in [5.41, 5.74) is 0.816. The van der Waals surface area contributed by atoms with Gasteiger partial charge in [-0.2, -0.15) is 0 Å². The van der Waals surface area contributed by atoms with Gasteiger partial charge in [0.25, 0.3) is 0 Å². The molecule has 0 bridgehead atoms. The minimum atomic E-state index is -1.04. The summed E-state index contributed by atoms with van der Waals surface area (Å²) in [7, 11) is 0. The maximum Gasteiger partial charge on any atom is 0.325 e. The lowest BCUT2D eigenvalue weighted by Gasteiger charge is -2.30. The molecule has 1 aliphatic rings. The van der Waals surface area contributed by atoms with E-state index in [0.29, 0.717) is 4.90 Å². The fraction of sp³-hybridized carbons (Fsp3) is 0.286. The molecule has 22 heavy (non-hydrogen) atoms. The van der Waals surface area contributed by atoms with Gasteiger partial charge in [0.05, 0.1) is 0 Å². The lowest BCUT2D eigenvalue weighted by Crippen LogP contribution is -2.56. The quantitative estimate of drug-likeness (QED) is 0.353. The smallest absolute Gasteiger partial charge is 0.325 e. The van der Waals surface area contributed by atoms with E-state index in [0.717, 1.165) is 10.5 Å². The number of benzene rings is 1. The van der Waals surface area contributed by atoms with E-state index in [1.165, 1.54) is 0 Å². The van der Waals surface area contributed by atoms with Crippen molar-refractivity contribution in [2.75, 3.05) is 19.6 Å². The van der Waals surface area contributed by atoms with Gasteiger partial charge in [-0.3, -0.25) is 24.1 Å². The molecule has 0 radical (unpaired) electrons. The lowest BCUT2D eigenvalue weighted by molar-refractivity contribution is -0.158. The van der Waals surface area contributed by atoms with Gasteiger partial charge >= 0.3 is 23.2 Å². The van der Waals surface area contributed by atoms with Gasteiger partial charge in [0.1, 0.15) is 13.2 Å². The number of amides is 3. The summed E-state index contributed by atoms with van der Waals surface area (Å²) in [4.78, 5) is 47.7. The zero-order valence-electron chi connectivity index (χ0n) is 11.5. The second kappa shape index (κ2) is 7.04. The van der Waals surface area contributed by atoms with Gasteiger partial charge in [-0.15, -0.1) is 0 Å². The fourth-order valence-electron chi connectivity index (χ4n) is 1.93. The standard InChI is InChI=1S/C14H13ClN2O5/c15-14(21)17-7-6-16(12(19)13(17)20)8-11(18)22-9-10-4-2-1-3-5-10/h1-5H,6-9H2. The second-order valence-corrected chi connectivity index (χ2v) is 4.91. The van der Waals surface area contributed by atoms with Crippen molar-refractivity contribution in [2.45, 2.75) is 6.61 Å². The largest absolute Gasteiger partial charge is 0.459 e. The SMILES string of the molecule is O=C(CN1CCN(C(=O)Cl)C(=O)C1=O)OCc1ccccc1. The number of nitrogens with zero attached hydrogens (tertiary/aromatic N) is 2. The number of carbonyl (C=O) groups is 4. The predicted octanol–water partition coefficient (Wildman–Crippen LogP) is 0.759. The van der Waals surface area contributed by atoms with E-state index in [2.05, 4.69) is 0 Å². The Balaban J connectivity index is 1.86. The van der Waals surface area contributed by atoms with Gasteiger partial charge in [0.15, 0.2) is 0 Å². The molecule has 0 saturated carbocycles. The summed E-state index contributed by atoms with van der Waals surface area (Å²) in [6.07, 6.45) is 0. The second-order valence-electron chi connectivity index (χ2n) is 4.58. The average molecular weight is 325 g/mol. The molecular weight excluding hydrogens is 312 g/mol. The normalized spacial score (nSPS) is 15.0. The molecule has 1 saturated heterocycles. The number of hydrogen-bond acceptors (Lipinski definition) is 5. The van der Waals surface area contributed by atoms with Crippen LogP contribution < -0.4 is 0 Å². The van der Waals surface area contributed by atoms with E-state index >= 15 is 0 Å². The zero-order chi connectivity index (χ0) is 16.1. The topological polar surface area (TPSA) is 84.0 Å². The van der Waals surface area contributed by atoms with Crippen molar-refractivity contribution in [2.24, 2.45) is 0 Å². The van der Waals surface area contributed by atoms with Crippen LogP contribution in [0.1, 0.15) is 5.56 Å². The number of rotatable bonds is 4. The summed E-state index contributed by atoms with van der Waals surface area (Å²) in [5.74, 6) is -2.62. The number of carbonyl (C=O) groups excluding carboxylic acids is 4. The van der Waals surface area contributed by atoms with Crippen LogP contribution in [-0.2, 0) is 25.7 Å². The van der Waals surface area contributed by atoms with E-state index in [4.69, 9.17) is 16.3 Å². The van der Waals surface area contributed by atoms with Crippen molar-refractivity contribution in [1.29, 1.82) is 0 Å². The Bertz CT molecular complexity index is 605. The molecule has 2 rings (SSSR count). The number of imide groups is 1.